The molecule has 2 heterocycles. The van der Waals surface area contributed by atoms with E-state index in [1.807, 2.05) is 17.8 Å². The van der Waals surface area contributed by atoms with Crippen LogP contribution in [-0.4, -0.2) is 30.4 Å². The molecule has 0 radical (unpaired) electrons. The summed E-state index contributed by atoms with van der Waals surface area (Å²) in [6.07, 6.45) is 0.927. The number of thiophene rings is 1. The van der Waals surface area contributed by atoms with Crippen molar-refractivity contribution in [2.45, 2.75) is 12.2 Å². The molecule has 0 N–H and O–H groups in total. The van der Waals surface area contributed by atoms with Crippen LogP contribution in [0.5, 0.6) is 0 Å². The average Bonchev–Trinajstić information content (AvgIpc) is 2.66. The second kappa shape index (κ2) is 4.36. The Hall–Kier alpha value is -0.480. The summed E-state index contributed by atoms with van der Waals surface area (Å²) in [5.41, 5.74) is 0. The van der Waals surface area contributed by atoms with Crippen molar-refractivity contribution < 1.29 is 4.79 Å². The van der Waals surface area contributed by atoms with Crippen LogP contribution in [0, 0.1) is 0 Å². The molecule has 2 nitrogen and oxygen atoms in total. The highest BCUT2D eigenvalue weighted by Gasteiger charge is 2.17. The number of carbonyl (C=O) groups is 1. The highest BCUT2D eigenvalue weighted by Crippen LogP contribution is 2.29. The fourth-order valence-electron chi connectivity index (χ4n) is 1.59. The van der Waals surface area contributed by atoms with E-state index in [9.17, 15) is 4.79 Å². The smallest absolute Gasteiger partial charge is 0.160 e. The number of hydrogen-bond donors (Lipinski definition) is 0. The van der Waals surface area contributed by atoms with Gasteiger partial charge < -0.3 is 4.90 Å². The van der Waals surface area contributed by atoms with Crippen LogP contribution in [-0.2, 0) is 0 Å². The molecule has 0 saturated carbocycles. The number of anilines is 1. The van der Waals surface area contributed by atoms with Gasteiger partial charge in [-0.05, 0) is 12.1 Å². The molecule has 2 rings (SSSR count). The Morgan fingerprint density at radius 3 is 3.07 bits per heavy atom. The summed E-state index contributed by atoms with van der Waals surface area (Å²) in [5.74, 6) is 1.19. The lowest BCUT2D eigenvalue weighted by Gasteiger charge is -2.31. The van der Waals surface area contributed by atoms with Gasteiger partial charge in [-0.2, -0.15) is 11.8 Å². The molecule has 0 amide bonds. The van der Waals surface area contributed by atoms with E-state index < -0.39 is 0 Å². The zero-order chi connectivity index (χ0) is 9.97. The summed E-state index contributed by atoms with van der Waals surface area (Å²) in [6.45, 7) is 4.46. The van der Waals surface area contributed by atoms with Crippen molar-refractivity contribution in [3.05, 3.63) is 17.0 Å². The van der Waals surface area contributed by atoms with E-state index in [0.717, 1.165) is 24.3 Å². The van der Waals surface area contributed by atoms with Gasteiger partial charge in [-0.1, -0.05) is 6.92 Å². The first-order valence-corrected chi connectivity index (χ1v) is 6.57. The summed E-state index contributed by atoms with van der Waals surface area (Å²) in [6, 6.07) is 3.95. The molecule has 4 heteroatoms. The van der Waals surface area contributed by atoms with Crippen molar-refractivity contribution in [3.8, 4) is 0 Å². The third-order valence-corrected chi connectivity index (χ3v) is 4.49. The minimum atomic E-state index is 0.700. The Bertz CT molecular complexity index is 324. The molecule has 0 aliphatic carbocycles. The highest BCUT2D eigenvalue weighted by molar-refractivity contribution is 8.00. The van der Waals surface area contributed by atoms with Crippen molar-refractivity contribution in [3.63, 3.8) is 0 Å². The molecule has 1 unspecified atom stereocenters. The Labute approximate surface area is 92.3 Å². The fourth-order valence-corrected chi connectivity index (χ4v) is 3.46. The van der Waals surface area contributed by atoms with Crippen molar-refractivity contribution in [1.82, 2.24) is 0 Å². The molecule has 76 valence electrons. The maximum Gasteiger partial charge on any atom is 0.160 e. The normalized spacial score (nSPS) is 22.4. The molecular weight excluding hydrogens is 214 g/mol. The molecule has 1 aromatic heterocycles. The summed E-state index contributed by atoms with van der Waals surface area (Å²) < 4.78 is 0. The molecule has 14 heavy (non-hydrogen) atoms. The number of aldehydes is 1. The van der Waals surface area contributed by atoms with Crippen LogP contribution in [0.1, 0.15) is 16.6 Å². The zero-order valence-corrected chi connectivity index (χ0v) is 9.74. The summed E-state index contributed by atoms with van der Waals surface area (Å²) in [5, 5.41) is 1.93. The number of thioether (sulfide) groups is 1. The van der Waals surface area contributed by atoms with Crippen molar-refractivity contribution in [1.29, 1.82) is 0 Å². The van der Waals surface area contributed by atoms with Gasteiger partial charge in [0.15, 0.2) is 6.29 Å². The first kappa shape index (κ1) is 10.1. The summed E-state index contributed by atoms with van der Waals surface area (Å²) in [4.78, 5) is 13.8. The van der Waals surface area contributed by atoms with E-state index in [0.29, 0.717) is 5.25 Å². The predicted octanol–water partition coefficient (Wildman–Crippen LogP) is 2.50. The third-order valence-electron chi connectivity index (χ3n) is 2.28. The number of nitrogens with zero attached hydrogens (tertiary/aromatic N) is 1. The number of hydrogen-bond acceptors (Lipinski definition) is 4. The molecule has 1 aromatic rings. The first-order valence-electron chi connectivity index (χ1n) is 4.71. The van der Waals surface area contributed by atoms with E-state index >= 15 is 0 Å². The molecular formula is C10H13NOS2. The monoisotopic (exact) mass is 227 g/mol. The highest BCUT2D eigenvalue weighted by atomic mass is 32.2. The molecule has 0 spiro atoms. The van der Waals surface area contributed by atoms with Gasteiger partial charge in [0, 0.05) is 24.1 Å². The van der Waals surface area contributed by atoms with E-state index in [-0.39, 0.29) is 0 Å². The van der Waals surface area contributed by atoms with Gasteiger partial charge in [-0.15, -0.1) is 11.3 Å². The standard InChI is InChI=1S/C10H13NOS2/c1-8-6-11(4-5-13-8)10-3-2-9(7-12)14-10/h2-3,7-8H,4-6H2,1H3. The lowest BCUT2D eigenvalue weighted by molar-refractivity contribution is 0.112. The second-order valence-electron chi connectivity index (χ2n) is 3.42. The van der Waals surface area contributed by atoms with Crippen molar-refractivity contribution in [2.75, 3.05) is 23.7 Å². The topological polar surface area (TPSA) is 20.3 Å². The Balaban J connectivity index is 2.09. The van der Waals surface area contributed by atoms with E-state index in [4.69, 9.17) is 0 Å². The molecule has 1 aliphatic heterocycles. The van der Waals surface area contributed by atoms with Gasteiger partial charge in [0.2, 0.25) is 0 Å². The van der Waals surface area contributed by atoms with Crippen LogP contribution in [0.3, 0.4) is 0 Å². The van der Waals surface area contributed by atoms with Crippen LogP contribution in [0.25, 0.3) is 0 Å². The molecule has 1 fully saturated rings. The fraction of sp³-hybridized carbons (Fsp3) is 0.500. The number of carbonyl (C=O) groups excluding carboxylic acids is 1. The quantitative estimate of drug-likeness (QED) is 0.724. The largest absolute Gasteiger partial charge is 0.362 e. The SMILES string of the molecule is CC1CN(c2ccc(C=O)s2)CCS1. The molecule has 0 bridgehead atoms. The Morgan fingerprint density at radius 1 is 1.57 bits per heavy atom. The minimum Gasteiger partial charge on any atom is -0.362 e. The van der Waals surface area contributed by atoms with Gasteiger partial charge >= 0.3 is 0 Å². The van der Waals surface area contributed by atoms with Crippen molar-refractivity contribution >= 4 is 34.4 Å². The third kappa shape index (κ3) is 2.12. The first-order chi connectivity index (χ1) is 6.79. The predicted molar refractivity (Wildman–Crippen MR) is 63.8 cm³/mol. The van der Waals surface area contributed by atoms with Crippen LogP contribution in [0.4, 0.5) is 5.00 Å². The maximum atomic E-state index is 10.6. The van der Waals surface area contributed by atoms with Crippen LogP contribution in [0.2, 0.25) is 0 Å². The van der Waals surface area contributed by atoms with Gasteiger partial charge in [-0.3, -0.25) is 4.79 Å². The molecule has 1 saturated heterocycles. The van der Waals surface area contributed by atoms with Crippen LogP contribution < -0.4 is 4.90 Å². The summed E-state index contributed by atoms with van der Waals surface area (Å²) >= 11 is 3.61. The van der Waals surface area contributed by atoms with Crippen LogP contribution in [0.15, 0.2) is 12.1 Å². The van der Waals surface area contributed by atoms with Gasteiger partial charge in [0.1, 0.15) is 0 Å². The number of rotatable bonds is 2. The Kier molecular flexibility index (Phi) is 3.13. The van der Waals surface area contributed by atoms with Gasteiger partial charge in [0.25, 0.3) is 0 Å². The average molecular weight is 227 g/mol. The van der Waals surface area contributed by atoms with Crippen molar-refractivity contribution in [2.24, 2.45) is 0 Å². The second-order valence-corrected chi connectivity index (χ2v) is 6.06. The Morgan fingerprint density at radius 2 is 2.43 bits per heavy atom. The zero-order valence-electron chi connectivity index (χ0n) is 8.10. The molecule has 1 atom stereocenters. The maximum absolute atomic E-state index is 10.6. The minimum absolute atomic E-state index is 0.700. The lowest BCUT2D eigenvalue weighted by atomic mass is 10.4. The van der Waals surface area contributed by atoms with Gasteiger partial charge in [0.05, 0.1) is 9.88 Å². The van der Waals surface area contributed by atoms with Gasteiger partial charge in [-0.25, -0.2) is 0 Å². The van der Waals surface area contributed by atoms with E-state index in [1.54, 1.807) is 11.3 Å². The van der Waals surface area contributed by atoms with E-state index in [1.165, 1.54) is 10.8 Å². The summed E-state index contributed by atoms with van der Waals surface area (Å²) in [7, 11) is 0. The van der Waals surface area contributed by atoms with E-state index in [2.05, 4.69) is 17.9 Å². The lowest BCUT2D eigenvalue weighted by Crippen LogP contribution is -2.35. The molecule has 0 aromatic carbocycles. The van der Waals surface area contributed by atoms with Crippen LogP contribution >= 0.6 is 23.1 Å². The molecule has 1 aliphatic rings.